The molecule has 0 amide bonds. The van der Waals surface area contributed by atoms with E-state index < -0.39 is 0 Å². The van der Waals surface area contributed by atoms with E-state index >= 15 is 0 Å². The molecular weight excluding hydrogens is 224 g/mol. The van der Waals surface area contributed by atoms with E-state index in [4.69, 9.17) is 4.74 Å². The van der Waals surface area contributed by atoms with Gasteiger partial charge in [0.25, 0.3) is 0 Å². The van der Waals surface area contributed by atoms with Crippen LogP contribution in [0.25, 0.3) is 0 Å². The summed E-state index contributed by atoms with van der Waals surface area (Å²) in [5, 5.41) is 3.39. The van der Waals surface area contributed by atoms with E-state index in [2.05, 4.69) is 17.2 Å². The maximum Gasteiger partial charge on any atom is 0.126 e. The van der Waals surface area contributed by atoms with Gasteiger partial charge in [0.1, 0.15) is 5.75 Å². The predicted molar refractivity (Wildman–Crippen MR) is 73.7 cm³/mol. The summed E-state index contributed by atoms with van der Waals surface area (Å²) in [6.07, 6.45) is 10.3. The Morgan fingerprint density at radius 2 is 2.33 bits per heavy atom. The molecule has 0 unspecified atom stereocenters. The number of rotatable bonds is 8. The molecule has 0 bridgehead atoms. The van der Waals surface area contributed by atoms with Gasteiger partial charge in [0.05, 0.1) is 6.61 Å². The molecule has 1 aliphatic carbocycles. The molecule has 0 saturated heterocycles. The van der Waals surface area contributed by atoms with Crippen LogP contribution in [0.15, 0.2) is 18.5 Å². The Morgan fingerprint density at radius 3 is 3.06 bits per heavy atom. The Balaban J connectivity index is 1.77. The molecule has 3 heteroatoms. The lowest BCUT2D eigenvalue weighted by Crippen LogP contribution is -2.17. The normalized spacial score (nSPS) is 15.4. The number of pyridine rings is 1. The molecular formula is C15H24N2O. The first-order valence-electron chi connectivity index (χ1n) is 7.16. The first-order chi connectivity index (χ1) is 8.90. The second kappa shape index (κ2) is 7.37. The monoisotopic (exact) mass is 248 g/mol. The molecule has 1 aromatic rings. The summed E-state index contributed by atoms with van der Waals surface area (Å²) < 4.78 is 5.89. The Kier molecular flexibility index (Phi) is 5.46. The zero-order chi connectivity index (χ0) is 12.6. The second-order valence-electron chi connectivity index (χ2n) is 5.09. The number of ether oxygens (including phenoxy) is 1. The van der Waals surface area contributed by atoms with Crippen LogP contribution < -0.4 is 10.1 Å². The number of nitrogens with one attached hydrogen (secondary N) is 1. The summed E-state index contributed by atoms with van der Waals surface area (Å²) in [6.45, 7) is 4.90. The fourth-order valence-electron chi connectivity index (χ4n) is 2.20. The van der Waals surface area contributed by atoms with Crippen LogP contribution in [-0.2, 0) is 6.54 Å². The zero-order valence-corrected chi connectivity index (χ0v) is 11.3. The molecule has 100 valence electrons. The van der Waals surface area contributed by atoms with Crippen LogP contribution in [0.2, 0.25) is 0 Å². The van der Waals surface area contributed by atoms with E-state index in [9.17, 15) is 0 Å². The Labute approximate surface area is 110 Å². The highest BCUT2D eigenvalue weighted by Gasteiger charge is 2.17. The third kappa shape index (κ3) is 3.98. The molecule has 1 saturated carbocycles. The molecule has 1 heterocycles. The van der Waals surface area contributed by atoms with Gasteiger partial charge in [0.15, 0.2) is 0 Å². The van der Waals surface area contributed by atoms with Gasteiger partial charge in [-0.05, 0) is 31.4 Å². The summed E-state index contributed by atoms with van der Waals surface area (Å²) in [4.78, 5) is 4.17. The summed E-state index contributed by atoms with van der Waals surface area (Å²) in [5.74, 6) is 1.90. The first-order valence-corrected chi connectivity index (χ1v) is 7.16. The van der Waals surface area contributed by atoms with Crippen molar-refractivity contribution in [1.82, 2.24) is 10.3 Å². The maximum atomic E-state index is 5.89. The average molecular weight is 248 g/mol. The lowest BCUT2D eigenvalue weighted by molar-refractivity contribution is 0.220. The third-order valence-corrected chi connectivity index (χ3v) is 3.61. The largest absolute Gasteiger partial charge is 0.493 e. The third-order valence-electron chi connectivity index (χ3n) is 3.61. The van der Waals surface area contributed by atoms with Crippen LogP contribution in [0.4, 0.5) is 0 Å². The van der Waals surface area contributed by atoms with E-state index in [1.54, 1.807) is 0 Å². The fraction of sp³-hybridized carbons (Fsp3) is 0.667. The van der Waals surface area contributed by atoms with E-state index in [-0.39, 0.29) is 0 Å². The van der Waals surface area contributed by atoms with Crippen molar-refractivity contribution in [1.29, 1.82) is 0 Å². The van der Waals surface area contributed by atoms with Gasteiger partial charge in [-0.15, -0.1) is 0 Å². The molecule has 0 radical (unpaired) electrons. The molecule has 1 N–H and O–H groups in total. The highest BCUT2D eigenvalue weighted by Crippen LogP contribution is 2.29. The minimum Gasteiger partial charge on any atom is -0.493 e. The van der Waals surface area contributed by atoms with Crippen LogP contribution in [0.5, 0.6) is 5.75 Å². The van der Waals surface area contributed by atoms with E-state index in [0.29, 0.717) is 0 Å². The van der Waals surface area contributed by atoms with Gasteiger partial charge in [-0.25, -0.2) is 0 Å². The van der Waals surface area contributed by atoms with Crippen molar-refractivity contribution in [2.24, 2.45) is 5.92 Å². The minimum atomic E-state index is 0.843. The van der Waals surface area contributed by atoms with Crippen molar-refractivity contribution < 1.29 is 4.74 Å². The van der Waals surface area contributed by atoms with E-state index in [1.165, 1.54) is 31.2 Å². The second-order valence-corrected chi connectivity index (χ2v) is 5.09. The van der Waals surface area contributed by atoms with Gasteiger partial charge >= 0.3 is 0 Å². The van der Waals surface area contributed by atoms with Crippen molar-refractivity contribution in [3.05, 3.63) is 24.0 Å². The molecule has 1 fully saturated rings. The van der Waals surface area contributed by atoms with Gasteiger partial charge in [-0.2, -0.15) is 0 Å². The Hall–Kier alpha value is -1.09. The van der Waals surface area contributed by atoms with Crippen LogP contribution in [0, 0.1) is 5.92 Å². The minimum absolute atomic E-state index is 0.843. The lowest BCUT2D eigenvalue weighted by Gasteiger charge is -2.25. The van der Waals surface area contributed by atoms with E-state index in [1.807, 2.05) is 18.5 Å². The van der Waals surface area contributed by atoms with Gasteiger partial charge in [0, 0.05) is 24.5 Å². The van der Waals surface area contributed by atoms with Crippen LogP contribution in [-0.4, -0.2) is 18.1 Å². The molecule has 1 aliphatic rings. The highest BCUT2D eigenvalue weighted by atomic mass is 16.5. The fourth-order valence-corrected chi connectivity index (χ4v) is 2.20. The number of hydrogen-bond donors (Lipinski definition) is 1. The van der Waals surface area contributed by atoms with Crippen LogP contribution in [0.3, 0.4) is 0 Å². The SMILES string of the molecule is CCCNCc1cnccc1OCCC1CCC1. The average Bonchev–Trinajstić information content (AvgIpc) is 2.34. The number of hydrogen-bond acceptors (Lipinski definition) is 3. The summed E-state index contributed by atoms with van der Waals surface area (Å²) >= 11 is 0. The van der Waals surface area contributed by atoms with Crippen LogP contribution >= 0.6 is 0 Å². The molecule has 0 aliphatic heterocycles. The summed E-state index contributed by atoms with van der Waals surface area (Å²) in [7, 11) is 0. The van der Waals surface area contributed by atoms with Crippen molar-refractivity contribution in [2.75, 3.05) is 13.2 Å². The molecule has 2 rings (SSSR count). The first kappa shape index (κ1) is 13.3. The highest BCUT2D eigenvalue weighted by molar-refractivity contribution is 5.29. The molecule has 0 aromatic carbocycles. The van der Waals surface area contributed by atoms with Gasteiger partial charge in [-0.3, -0.25) is 4.98 Å². The summed E-state index contributed by atoms with van der Waals surface area (Å²) in [5.41, 5.74) is 1.17. The lowest BCUT2D eigenvalue weighted by atomic mass is 9.83. The van der Waals surface area contributed by atoms with Crippen molar-refractivity contribution >= 4 is 0 Å². The Bertz CT molecular complexity index is 350. The van der Waals surface area contributed by atoms with E-state index in [0.717, 1.165) is 37.8 Å². The zero-order valence-electron chi connectivity index (χ0n) is 11.3. The van der Waals surface area contributed by atoms with Gasteiger partial charge in [0.2, 0.25) is 0 Å². The van der Waals surface area contributed by atoms with Gasteiger partial charge < -0.3 is 10.1 Å². The number of aromatic nitrogens is 1. The standard InChI is InChI=1S/C15H24N2O/c1-2-8-16-11-14-12-17-9-6-15(14)18-10-7-13-4-3-5-13/h6,9,12-13,16H,2-5,7-8,10-11H2,1H3. The molecule has 0 atom stereocenters. The van der Waals surface area contributed by atoms with Crippen molar-refractivity contribution in [3.63, 3.8) is 0 Å². The van der Waals surface area contributed by atoms with Crippen LogP contribution in [0.1, 0.15) is 44.6 Å². The maximum absolute atomic E-state index is 5.89. The smallest absolute Gasteiger partial charge is 0.126 e. The topological polar surface area (TPSA) is 34.2 Å². The van der Waals surface area contributed by atoms with Gasteiger partial charge in [-0.1, -0.05) is 26.2 Å². The predicted octanol–water partition coefficient (Wildman–Crippen LogP) is 3.15. The molecule has 3 nitrogen and oxygen atoms in total. The van der Waals surface area contributed by atoms with Crippen molar-refractivity contribution in [2.45, 2.75) is 45.6 Å². The molecule has 1 aromatic heterocycles. The molecule has 0 spiro atoms. The Morgan fingerprint density at radius 1 is 1.44 bits per heavy atom. The molecule has 18 heavy (non-hydrogen) atoms. The summed E-state index contributed by atoms with van der Waals surface area (Å²) in [6, 6.07) is 1.98. The quantitative estimate of drug-likeness (QED) is 0.718. The number of nitrogens with zero attached hydrogens (tertiary/aromatic N) is 1. The van der Waals surface area contributed by atoms with Crippen molar-refractivity contribution in [3.8, 4) is 5.75 Å².